The second kappa shape index (κ2) is 4.45. The molecule has 1 aliphatic rings. The van der Waals surface area contributed by atoms with Crippen LogP contribution >= 0.6 is 11.3 Å². The Kier molecular flexibility index (Phi) is 3.21. The minimum Gasteiger partial charge on any atom is -0.391 e. The lowest BCUT2D eigenvalue weighted by Gasteiger charge is -2.34. The Morgan fingerprint density at radius 1 is 1.33 bits per heavy atom. The largest absolute Gasteiger partial charge is 0.391 e. The molecule has 0 aliphatic heterocycles. The SMILES string of the molecule is Cc1nnc(N(C)C2CCCCC2O)s1. The molecule has 84 valence electrons. The highest BCUT2D eigenvalue weighted by Crippen LogP contribution is 2.28. The van der Waals surface area contributed by atoms with Gasteiger partial charge in [0.05, 0.1) is 12.1 Å². The monoisotopic (exact) mass is 227 g/mol. The van der Waals surface area contributed by atoms with Gasteiger partial charge in [0.2, 0.25) is 5.13 Å². The number of aliphatic hydroxyl groups is 1. The molecule has 1 aliphatic carbocycles. The molecular weight excluding hydrogens is 210 g/mol. The second-order valence-corrected chi connectivity index (χ2v) is 5.29. The van der Waals surface area contributed by atoms with Gasteiger partial charge < -0.3 is 10.0 Å². The first-order chi connectivity index (χ1) is 7.18. The first-order valence-corrected chi connectivity index (χ1v) is 6.21. The lowest BCUT2D eigenvalue weighted by molar-refractivity contribution is 0.106. The van der Waals surface area contributed by atoms with Crippen molar-refractivity contribution in [3.63, 3.8) is 0 Å². The molecule has 1 N–H and O–H groups in total. The van der Waals surface area contributed by atoms with Crippen molar-refractivity contribution in [2.45, 2.75) is 44.8 Å². The third-order valence-corrected chi connectivity index (χ3v) is 3.94. The van der Waals surface area contributed by atoms with Gasteiger partial charge in [0.15, 0.2) is 0 Å². The highest BCUT2D eigenvalue weighted by molar-refractivity contribution is 7.15. The number of aromatic nitrogens is 2. The molecule has 0 radical (unpaired) electrons. The van der Waals surface area contributed by atoms with E-state index in [0.29, 0.717) is 0 Å². The summed E-state index contributed by atoms with van der Waals surface area (Å²) in [6.07, 6.45) is 4.08. The van der Waals surface area contributed by atoms with Crippen LogP contribution in [0.5, 0.6) is 0 Å². The van der Waals surface area contributed by atoms with E-state index >= 15 is 0 Å². The van der Waals surface area contributed by atoms with Crippen molar-refractivity contribution in [2.24, 2.45) is 0 Å². The van der Waals surface area contributed by atoms with E-state index in [1.807, 2.05) is 14.0 Å². The minimum absolute atomic E-state index is 0.214. The molecule has 0 saturated heterocycles. The zero-order chi connectivity index (χ0) is 10.8. The van der Waals surface area contributed by atoms with Crippen LogP contribution in [0.25, 0.3) is 0 Å². The second-order valence-electron chi connectivity index (χ2n) is 4.13. The summed E-state index contributed by atoms with van der Waals surface area (Å²) < 4.78 is 0. The Morgan fingerprint density at radius 3 is 2.67 bits per heavy atom. The van der Waals surface area contributed by atoms with Crippen LogP contribution in [-0.4, -0.2) is 34.5 Å². The van der Waals surface area contributed by atoms with E-state index in [-0.39, 0.29) is 12.1 Å². The fourth-order valence-corrected chi connectivity index (χ4v) is 2.82. The zero-order valence-electron chi connectivity index (χ0n) is 9.18. The van der Waals surface area contributed by atoms with Gasteiger partial charge in [0, 0.05) is 7.05 Å². The van der Waals surface area contributed by atoms with Crippen molar-refractivity contribution < 1.29 is 5.11 Å². The lowest BCUT2D eigenvalue weighted by atomic mass is 9.92. The standard InChI is InChI=1S/C10H17N3OS/c1-7-11-12-10(15-7)13(2)8-5-3-4-6-9(8)14/h8-9,14H,3-6H2,1-2H3. The zero-order valence-corrected chi connectivity index (χ0v) is 10.00. The van der Waals surface area contributed by atoms with E-state index in [1.165, 1.54) is 6.42 Å². The summed E-state index contributed by atoms with van der Waals surface area (Å²) in [5.41, 5.74) is 0. The minimum atomic E-state index is -0.215. The van der Waals surface area contributed by atoms with Gasteiger partial charge in [-0.3, -0.25) is 0 Å². The van der Waals surface area contributed by atoms with Gasteiger partial charge >= 0.3 is 0 Å². The molecule has 1 saturated carbocycles. The average Bonchev–Trinajstić information content (AvgIpc) is 2.65. The smallest absolute Gasteiger partial charge is 0.208 e. The van der Waals surface area contributed by atoms with Crippen LogP contribution in [0.15, 0.2) is 0 Å². The summed E-state index contributed by atoms with van der Waals surface area (Å²) in [4.78, 5) is 2.08. The molecule has 1 heterocycles. The lowest BCUT2D eigenvalue weighted by Crippen LogP contribution is -2.43. The van der Waals surface area contributed by atoms with E-state index in [4.69, 9.17) is 0 Å². The van der Waals surface area contributed by atoms with Gasteiger partial charge in [-0.2, -0.15) is 0 Å². The molecule has 1 aromatic heterocycles. The number of aliphatic hydroxyl groups excluding tert-OH is 1. The number of aryl methyl sites for hydroxylation is 1. The van der Waals surface area contributed by atoms with Crippen LogP contribution < -0.4 is 4.90 Å². The third kappa shape index (κ3) is 2.29. The Labute approximate surface area is 93.9 Å². The molecule has 2 unspecified atom stereocenters. The predicted octanol–water partition coefficient (Wildman–Crippen LogP) is 1.59. The fraction of sp³-hybridized carbons (Fsp3) is 0.800. The van der Waals surface area contributed by atoms with Crippen LogP contribution in [0.4, 0.5) is 5.13 Å². The normalized spacial score (nSPS) is 26.6. The number of anilines is 1. The molecule has 1 fully saturated rings. The first-order valence-electron chi connectivity index (χ1n) is 5.39. The van der Waals surface area contributed by atoms with Crippen molar-refractivity contribution in [2.75, 3.05) is 11.9 Å². The van der Waals surface area contributed by atoms with Crippen molar-refractivity contribution in [3.05, 3.63) is 5.01 Å². The third-order valence-electron chi connectivity index (χ3n) is 3.01. The summed E-state index contributed by atoms with van der Waals surface area (Å²) >= 11 is 1.58. The highest BCUT2D eigenvalue weighted by Gasteiger charge is 2.28. The molecule has 2 rings (SSSR count). The summed E-state index contributed by atoms with van der Waals surface area (Å²) in [5, 5.41) is 19.9. The highest BCUT2D eigenvalue weighted by atomic mass is 32.1. The molecule has 2 atom stereocenters. The number of nitrogens with zero attached hydrogens (tertiary/aromatic N) is 3. The van der Waals surface area contributed by atoms with Crippen LogP contribution in [0.2, 0.25) is 0 Å². The van der Waals surface area contributed by atoms with E-state index in [9.17, 15) is 5.11 Å². The fourth-order valence-electron chi connectivity index (χ4n) is 2.11. The molecule has 1 aromatic rings. The molecule has 0 amide bonds. The summed E-state index contributed by atoms with van der Waals surface area (Å²) in [5.74, 6) is 0. The maximum Gasteiger partial charge on any atom is 0.208 e. The summed E-state index contributed by atoms with van der Waals surface area (Å²) in [6.45, 7) is 1.95. The molecule has 15 heavy (non-hydrogen) atoms. The van der Waals surface area contributed by atoms with Crippen LogP contribution in [0, 0.1) is 6.92 Å². The summed E-state index contributed by atoms with van der Waals surface area (Å²) in [7, 11) is 2.00. The number of likely N-dealkylation sites (N-methyl/N-ethyl adjacent to an activating group) is 1. The van der Waals surface area contributed by atoms with Crippen molar-refractivity contribution in [1.82, 2.24) is 10.2 Å². The molecule has 0 aromatic carbocycles. The maximum atomic E-state index is 9.92. The number of hydrogen-bond donors (Lipinski definition) is 1. The quantitative estimate of drug-likeness (QED) is 0.833. The van der Waals surface area contributed by atoms with Crippen LogP contribution in [-0.2, 0) is 0 Å². The van der Waals surface area contributed by atoms with Gasteiger partial charge in [-0.25, -0.2) is 0 Å². The first kappa shape index (κ1) is 10.8. The van der Waals surface area contributed by atoms with Crippen LogP contribution in [0.1, 0.15) is 30.7 Å². The van der Waals surface area contributed by atoms with E-state index in [1.54, 1.807) is 11.3 Å². The van der Waals surface area contributed by atoms with Gasteiger partial charge in [0.25, 0.3) is 0 Å². The summed E-state index contributed by atoms with van der Waals surface area (Å²) in [6, 6.07) is 0.214. The number of hydrogen-bond acceptors (Lipinski definition) is 5. The van der Waals surface area contributed by atoms with Gasteiger partial charge in [0.1, 0.15) is 5.01 Å². The Balaban J connectivity index is 2.09. The van der Waals surface area contributed by atoms with E-state index in [0.717, 1.165) is 29.4 Å². The maximum absolute atomic E-state index is 9.92. The van der Waals surface area contributed by atoms with E-state index < -0.39 is 0 Å². The topological polar surface area (TPSA) is 49.2 Å². The van der Waals surface area contributed by atoms with Crippen molar-refractivity contribution in [1.29, 1.82) is 0 Å². The van der Waals surface area contributed by atoms with Crippen molar-refractivity contribution >= 4 is 16.5 Å². The van der Waals surface area contributed by atoms with E-state index in [2.05, 4.69) is 15.1 Å². The average molecular weight is 227 g/mol. The number of rotatable bonds is 2. The molecule has 0 spiro atoms. The van der Waals surface area contributed by atoms with Gasteiger partial charge in [-0.1, -0.05) is 24.2 Å². The molecular formula is C10H17N3OS. The Hall–Kier alpha value is -0.680. The predicted molar refractivity (Wildman–Crippen MR) is 61.3 cm³/mol. The van der Waals surface area contributed by atoms with Gasteiger partial charge in [-0.15, -0.1) is 10.2 Å². The Bertz CT molecular complexity index is 328. The van der Waals surface area contributed by atoms with Crippen LogP contribution in [0.3, 0.4) is 0 Å². The molecule has 4 nitrogen and oxygen atoms in total. The molecule has 0 bridgehead atoms. The van der Waals surface area contributed by atoms with Crippen molar-refractivity contribution in [3.8, 4) is 0 Å². The molecule has 5 heteroatoms. The Morgan fingerprint density at radius 2 is 2.07 bits per heavy atom. The van der Waals surface area contributed by atoms with Gasteiger partial charge in [-0.05, 0) is 19.8 Å².